The highest BCUT2D eigenvalue weighted by atomic mass is 16.5. The maximum Gasteiger partial charge on any atom is 0.197 e. The van der Waals surface area contributed by atoms with Crippen LogP contribution in [0.25, 0.3) is 0 Å². The predicted molar refractivity (Wildman–Crippen MR) is 117 cm³/mol. The smallest absolute Gasteiger partial charge is 0.197 e. The van der Waals surface area contributed by atoms with Crippen LogP contribution in [0.4, 0.5) is 0 Å². The summed E-state index contributed by atoms with van der Waals surface area (Å²) in [6, 6.07) is 4.59. The number of carbonyl (C=O) groups excluding carboxylic acids is 1. The molecule has 2 bridgehead atoms. The van der Waals surface area contributed by atoms with Crippen LogP contribution in [-0.4, -0.2) is 51.1 Å². The molecule has 5 heteroatoms. The van der Waals surface area contributed by atoms with Crippen molar-refractivity contribution in [2.75, 3.05) is 34.4 Å². The fourth-order valence-corrected chi connectivity index (χ4v) is 5.85. The number of carbonyl (C=O) groups is 1. The van der Waals surface area contributed by atoms with Crippen LogP contribution in [0.15, 0.2) is 24.0 Å². The van der Waals surface area contributed by atoms with Gasteiger partial charge in [0.25, 0.3) is 0 Å². The quantitative estimate of drug-likeness (QED) is 0.596. The lowest BCUT2D eigenvalue weighted by molar-refractivity contribution is -0.122. The van der Waals surface area contributed by atoms with E-state index >= 15 is 0 Å². The molecule has 1 fully saturated rings. The molecule has 3 atom stereocenters. The normalized spacial score (nSPS) is 27.7. The molecular weight excluding hydrogens is 378 g/mol. The fraction of sp³-hybridized carbons (Fsp3) is 0.640. The van der Waals surface area contributed by atoms with E-state index in [-0.39, 0.29) is 17.1 Å². The number of ether oxygens (including phenoxy) is 3. The molecule has 4 rings (SSSR count). The van der Waals surface area contributed by atoms with Gasteiger partial charge in [-0.2, -0.15) is 0 Å². The minimum atomic E-state index is -0.239. The van der Waals surface area contributed by atoms with E-state index in [1.54, 1.807) is 14.2 Å². The van der Waals surface area contributed by atoms with Gasteiger partial charge >= 0.3 is 0 Å². The van der Waals surface area contributed by atoms with E-state index in [0.29, 0.717) is 24.8 Å². The van der Waals surface area contributed by atoms with E-state index in [4.69, 9.17) is 14.2 Å². The zero-order valence-electron chi connectivity index (χ0n) is 18.8. The molecule has 0 unspecified atom stereocenters. The number of nitrogens with zero attached hydrogens (tertiary/aromatic N) is 1. The number of hydrogen-bond acceptors (Lipinski definition) is 5. The Kier molecular flexibility index (Phi) is 6.10. The largest absolute Gasteiger partial charge is 0.493 e. The van der Waals surface area contributed by atoms with E-state index in [9.17, 15) is 4.79 Å². The van der Waals surface area contributed by atoms with Crippen LogP contribution in [0, 0.1) is 5.92 Å². The number of methoxy groups -OCH3 is 2. The molecule has 0 amide bonds. The molecule has 30 heavy (non-hydrogen) atoms. The van der Waals surface area contributed by atoms with Gasteiger partial charge in [-0.3, -0.25) is 4.79 Å². The molecule has 1 saturated heterocycles. The van der Waals surface area contributed by atoms with Gasteiger partial charge in [-0.15, -0.1) is 0 Å². The third kappa shape index (κ3) is 3.41. The van der Waals surface area contributed by atoms with Crippen molar-refractivity contribution in [1.82, 2.24) is 4.90 Å². The van der Waals surface area contributed by atoms with Crippen molar-refractivity contribution in [2.45, 2.75) is 63.3 Å². The summed E-state index contributed by atoms with van der Waals surface area (Å²) >= 11 is 0. The molecule has 1 aromatic rings. The van der Waals surface area contributed by atoms with Gasteiger partial charge < -0.3 is 19.1 Å². The molecule has 2 aliphatic carbocycles. The Hall–Kier alpha value is -2.01. The van der Waals surface area contributed by atoms with Crippen LogP contribution < -0.4 is 9.47 Å². The molecule has 0 radical (unpaired) electrons. The lowest BCUT2D eigenvalue weighted by Gasteiger charge is -2.56. The Morgan fingerprint density at radius 2 is 2.00 bits per heavy atom. The first-order valence-electron chi connectivity index (χ1n) is 11.4. The minimum Gasteiger partial charge on any atom is -0.493 e. The van der Waals surface area contributed by atoms with Gasteiger partial charge in [0, 0.05) is 29.4 Å². The van der Waals surface area contributed by atoms with Gasteiger partial charge in [0.15, 0.2) is 23.0 Å². The van der Waals surface area contributed by atoms with E-state index < -0.39 is 0 Å². The van der Waals surface area contributed by atoms with E-state index in [1.807, 2.05) is 6.07 Å². The molecule has 3 aliphatic rings. The summed E-state index contributed by atoms with van der Waals surface area (Å²) in [6.07, 6.45) is 9.12. The SMILES string of the molecule is CCCCCCOc1c(OC)ccc2c1[C@@]13CCN(C)[C@@H](C2)[C@H]1C=C(OC)C(=O)C3. The molecule has 164 valence electrons. The van der Waals surface area contributed by atoms with E-state index in [2.05, 4.69) is 31.0 Å². The van der Waals surface area contributed by atoms with Crippen LogP contribution in [-0.2, 0) is 21.4 Å². The van der Waals surface area contributed by atoms with Crippen LogP contribution in [0.5, 0.6) is 11.5 Å². The number of Topliss-reactive ketones (excluding diaryl/α,β-unsaturated/α-hetero) is 1. The second-order valence-corrected chi connectivity index (χ2v) is 9.06. The average Bonchev–Trinajstić information content (AvgIpc) is 2.75. The molecule has 0 N–H and O–H groups in total. The van der Waals surface area contributed by atoms with Crippen molar-refractivity contribution in [3.05, 3.63) is 35.1 Å². The van der Waals surface area contributed by atoms with Crippen LogP contribution in [0.1, 0.15) is 56.6 Å². The maximum atomic E-state index is 13.0. The third-order valence-corrected chi connectivity index (χ3v) is 7.43. The number of likely N-dealkylation sites (N-methyl/N-ethyl adjacent to an activating group) is 1. The molecule has 1 heterocycles. The van der Waals surface area contributed by atoms with Gasteiger partial charge in [0.2, 0.25) is 0 Å². The highest BCUT2D eigenvalue weighted by Gasteiger charge is 2.56. The molecule has 1 aliphatic heterocycles. The molecule has 0 aromatic heterocycles. The summed E-state index contributed by atoms with van der Waals surface area (Å²) in [5.74, 6) is 2.50. The molecule has 0 spiro atoms. The number of rotatable bonds is 8. The Morgan fingerprint density at radius 1 is 1.17 bits per heavy atom. The molecular formula is C25H35NO4. The van der Waals surface area contributed by atoms with E-state index in [0.717, 1.165) is 37.3 Å². The van der Waals surface area contributed by atoms with Gasteiger partial charge in [0.05, 0.1) is 20.8 Å². The van der Waals surface area contributed by atoms with Crippen molar-refractivity contribution in [3.8, 4) is 11.5 Å². The zero-order chi connectivity index (χ0) is 21.3. The summed E-state index contributed by atoms with van der Waals surface area (Å²) in [4.78, 5) is 15.4. The lowest BCUT2D eigenvalue weighted by Crippen LogP contribution is -2.60. The summed E-state index contributed by atoms with van der Waals surface area (Å²) in [5, 5.41) is 0. The number of likely N-dealkylation sites (tertiary alicyclic amines) is 1. The highest BCUT2D eigenvalue weighted by Crippen LogP contribution is 2.58. The second kappa shape index (κ2) is 8.62. The summed E-state index contributed by atoms with van der Waals surface area (Å²) in [6.45, 7) is 3.89. The van der Waals surface area contributed by atoms with Crippen molar-refractivity contribution >= 4 is 5.78 Å². The van der Waals surface area contributed by atoms with Gasteiger partial charge in [-0.25, -0.2) is 0 Å². The third-order valence-electron chi connectivity index (χ3n) is 7.43. The van der Waals surface area contributed by atoms with Gasteiger partial charge in [-0.1, -0.05) is 32.3 Å². The van der Waals surface area contributed by atoms with Crippen molar-refractivity contribution in [2.24, 2.45) is 5.92 Å². The number of fused-ring (bicyclic) bond motifs is 1. The molecule has 1 aromatic carbocycles. The Bertz CT molecular complexity index is 833. The molecule has 5 nitrogen and oxygen atoms in total. The number of allylic oxidation sites excluding steroid dienone is 1. The van der Waals surface area contributed by atoms with Crippen molar-refractivity contribution < 1.29 is 19.0 Å². The van der Waals surface area contributed by atoms with Crippen LogP contribution in [0.3, 0.4) is 0 Å². The molecule has 0 saturated carbocycles. The summed E-state index contributed by atoms with van der Waals surface area (Å²) in [5.41, 5.74) is 2.28. The standard InChI is InChI=1S/C25H35NO4/c1-5-6-7-8-13-30-24-21(28-3)10-9-17-14-19-18-15-22(29-4)20(27)16-25(18,23(17)24)11-12-26(19)2/h9-10,15,18-19H,5-8,11-14,16H2,1-4H3/t18-,19+,25-/m1/s1. The predicted octanol–water partition coefficient (Wildman–Crippen LogP) is 4.27. The summed E-state index contributed by atoms with van der Waals surface area (Å²) in [7, 11) is 5.51. The lowest BCUT2D eigenvalue weighted by atomic mass is 9.53. The van der Waals surface area contributed by atoms with E-state index in [1.165, 1.54) is 30.4 Å². The van der Waals surface area contributed by atoms with Crippen LogP contribution in [0.2, 0.25) is 0 Å². The van der Waals surface area contributed by atoms with Crippen molar-refractivity contribution in [1.29, 1.82) is 0 Å². The van der Waals surface area contributed by atoms with Gasteiger partial charge in [-0.05, 0) is 50.6 Å². The number of piperidine rings is 1. The van der Waals surface area contributed by atoms with Crippen LogP contribution >= 0.6 is 0 Å². The topological polar surface area (TPSA) is 48.0 Å². The first-order chi connectivity index (χ1) is 14.6. The monoisotopic (exact) mass is 413 g/mol. The number of benzene rings is 1. The Morgan fingerprint density at radius 3 is 2.73 bits per heavy atom. The first kappa shape index (κ1) is 21.2. The number of hydrogen-bond donors (Lipinski definition) is 0. The second-order valence-electron chi connectivity index (χ2n) is 9.06. The first-order valence-corrected chi connectivity index (χ1v) is 11.4. The van der Waals surface area contributed by atoms with Gasteiger partial charge in [0.1, 0.15) is 0 Å². The summed E-state index contributed by atoms with van der Waals surface area (Å²) < 4.78 is 17.6. The number of ketones is 1. The Balaban J connectivity index is 1.79. The fourth-order valence-electron chi connectivity index (χ4n) is 5.85. The maximum absolute atomic E-state index is 13.0. The average molecular weight is 414 g/mol. The number of unbranched alkanes of at least 4 members (excludes halogenated alkanes) is 3. The zero-order valence-corrected chi connectivity index (χ0v) is 18.8. The Labute approximate surface area is 180 Å². The highest BCUT2D eigenvalue weighted by molar-refractivity contribution is 5.96. The van der Waals surface area contributed by atoms with Crippen molar-refractivity contribution in [3.63, 3.8) is 0 Å². The minimum absolute atomic E-state index is 0.0987.